The summed E-state index contributed by atoms with van der Waals surface area (Å²) in [7, 11) is 0. The van der Waals surface area contributed by atoms with Gasteiger partial charge in [0.1, 0.15) is 5.75 Å². The largest absolute Gasteiger partial charge is 1.00 e. The molecule has 0 heterocycles. The van der Waals surface area contributed by atoms with Gasteiger partial charge >= 0.3 is 35.5 Å². The molecule has 0 saturated carbocycles. The summed E-state index contributed by atoms with van der Waals surface area (Å²) >= 11 is 0. The van der Waals surface area contributed by atoms with Crippen molar-refractivity contribution in [3.8, 4) is 5.75 Å². The average molecular weight is 273 g/mol. The molecule has 1 rings (SSSR count). The Kier molecular flexibility index (Phi) is 7.72. The smallest absolute Gasteiger partial charge is 0.493 e. The minimum atomic E-state index is -0.755. The molecule has 1 N–H and O–H groups in total. The van der Waals surface area contributed by atoms with Gasteiger partial charge in [-0.15, -0.1) is 0 Å². The Balaban J connectivity index is 0.00000324. The Labute approximate surface area is 137 Å². The van der Waals surface area contributed by atoms with E-state index in [1.807, 2.05) is 26.0 Å². The average Bonchev–Trinajstić information content (AvgIpc) is 2.28. The summed E-state index contributed by atoms with van der Waals surface area (Å²) in [4.78, 5) is 10.9. The summed E-state index contributed by atoms with van der Waals surface area (Å²) in [6.45, 7) is 8.08. The Bertz CT molecular complexity index is 427. The van der Waals surface area contributed by atoms with Crippen molar-refractivity contribution in [2.75, 3.05) is 6.61 Å². The molecular weight excluding hydrogens is 251 g/mol. The molecule has 0 atom stereocenters. The Morgan fingerprint density at radius 2 is 1.95 bits per heavy atom. The normalized spacial score (nSPS) is 10.7. The number of ether oxygens (including phenoxy) is 1. The minimum Gasteiger partial charge on any atom is -0.493 e. The van der Waals surface area contributed by atoms with E-state index in [-0.39, 0.29) is 29.6 Å². The summed E-state index contributed by atoms with van der Waals surface area (Å²) in [5.74, 6) is 0.136. The second kappa shape index (κ2) is 7.93. The molecule has 1 aromatic rings. The molecule has 100 valence electrons. The second-order valence-corrected chi connectivity index (χ2v) is 5.41. The number of aryl methyl sites for hydroxylation is 2. The van der Waals surface area contributed by atoms with Crippen molar-refractivity contribution in [2.24, 2.45) is 5.41 Å². The van der Waals surface area contributed by atoms with Crippen molar-refractivity contribution >= 4 is 5.97 Å². The van der Waals surface area contributed by atoms with Gasteiger partial charge in [-0.3, -0.25) is 4.79 Å². The first-order valence-corrected chi connectivity index (χ1v) is 6.26. The number of hydrogen-bond acceptors (Lipinski definition) is 2. The van der Waals surface area contributed by atoms with Crippen molar-refractivity contribution in [3.05, 3.63) is 29.3 Å². The Hall–Kier alpha value is -0.510. The molecule has 0 amide bonds. The monoisotopic (exact) mass is 273 g/mol. The molecule has 0 fully saturated rings. The van der Waals surface area contributed by atoms with Gasteiger partial charge in [-0.05, 0) is 57.7 Å². The van der Waals surface area contributed by atoms with Gasteiger partial charge in [-0.25, -0.2) is 0 Å². The molecule has 4 heteroatoms. The number of benzene rings is 1. The zero-order chi connectivity index (χ0) is 13.8. The van der Waals surface area contributed by atoms with Gasteiger partial charge in [0.05, 0.1) is 12.0 Å². The van der Waals surface area contributed by atoms with E-state index >= 15 is 0 Å². The number of carboxylic acid groups (broad SMARTS) is 1. The van der Waals surface area contributed by atoms with E-state index in [1.165, 1.54) is 5.56 Å². The number of carboxylic acids is 1. The van der Waals surface area contributed by atoms with Crippen LogP contribution in [0, 0.1) is 19.3 Å². The van der Waals surface area contributed by atoms with Gasteiger partial charge in [0.2, 0.25) is 0 Å². The van der Waals surface area contributed by atoms with Crippen LogP contribution in [0.2, 0.25) is 0 Å². The fraction of sp³-hybridized carbons (Fsp3) is 0.533. The van der Waals surface area contributed by atoms with Gasteiger partial charge in [0.25, 0.3) is 0 Å². The van der Waals surface area contributed by atoms with E-state index in [2.05, 4.69) is 6.07 Å². The predicted octanol–water partition coefficient (Wildman–Crippen LogP) is 0.577. The molecule has 0 aromatic heterocycles. The number of hydrogen-bond donors (Lipinski definition) is 1. The van der Waals surface area contributed by atoms with Gasteiger partial charge < -0.3 is 9.84 Å². The summed E-state index contributed by atoms with van der Waals surface area (Å²) in [5.41, 5.74) is 1.60. The van der Waals surface area contributed by atoms with Crippen LogP contribution in [0.1, 0.15) is 37.8 Å². The number of aliphatic carboxylic acids is 1. The number of carbonyl (C=O) groups is 1. The zero-order valence-corrected chi connectivity index (χ0v) is 14.6. The maximum Gasteiger partial charge on any atom is 1.00 e. The molecular formula is C15H22NaO3+. The van der Waals surface area contributed by atoms with E-state index in [4.69, 9.17) is 9.84 Å². The standard InChI is InChI=1S/C15H22O3.Na/c1-11-6-7-12(2)13(10-11)18-9-5-8-15(3,4)14(16)17;/h6-7,10H,5,8-9H2,1-4H3,(H,16,17);/q;+1. The van der Waals surface area contributed by atoms with Crippen LogP contribution in [0.3, 0.4) is 0 Å². The van der Waals surface area contributed by atoms with Crippen LogP contribution in [0.4, 0.5) is 0 Å². The third-order valence-electron chi connectivity index (χ3n) is 3.13. The van der Waals surface area contributed by atoms with Gasteiger partial charge in [-0.1, -0.05) is 12.1 Å². The quantitative estimate of drug-likeness (QED) is 0.609. The predicted molar refractivity (Wildman–Crippen MR) is 72.1 cm³/mol. The van der Waals surface area contributed by atoms with E-state index in [0.717, 1.165) is 17.7 Å². The molecule has 0 aliphatic carbocycles. The maximum atomic E-state index is 10.9. The van der Waals surface area contributed by atoms with Crippen molar-refractivity contribution in [2.45, 2.75) is 40.5 Å². The maximum absolute atomic E-state index is 10.9. The van der Waals surface area contributed by atoms with Crippen LogP contribution in [0.5, 0.6) is 5.75 Å². The van der Waals surface area contributed by atoms with Gasteiger partial charge in [0, 0.05) is 0 Å². The van der Waals surface area contributed by atoms with Crippen LogP contribution in [0.15, 0.2) is 18.2 Å². The Morgan fingerprint density at radius 3 is 2.53 bits per heavy atom. The van der Waals surface area contributed by atoms with Crippen LogP contribution >= 0.6 is 0 Å². The van der Waals surface area contributed by atoms with Crippen LogP contribution in [-0.4, -0.2) is 17.7 Å². The second-order valence-electron chi connectivity index (χ2n) is 5.41. The fourth-order valence-electron chi connectivity index (χ4n) is 1.67. The SMILES string of the molecule is Cc1ccc(C)c(OCCCC(C)(C)C(=O)O)c1.[Na+]. The third kappa shape index (κ3) is 5.98. The molecule has 0 unspecified atom stereocenters. The molecule has 0 aliphatic heterocycles. The van der Waals surface area contributed by atoms with Crippen LogP contribution in [-0.2, 0) is 4.79 Å². The number of rotatable bonds is 6. The van der Waals surface area contributed by atoms with E-state index in [9.17, 15) is 4.79 Å². The molecule has 0 radical (unpaired) electrons. The van der Waals surface area contributed by atoms with Crippen molar-refractivity contribution in [1.82, 2.24) is 0 Å². The molecule has 0 saturated heterocycles. The first-order valence-electron chi connectivity index (χ1n) is 6.26. The van der Waals surface area contributed by atoms with Crippen LogP contribution < -0.4 is 34.3 Å². The molecule has 3 nitrogen and oxygen atoms in total. The summed E-state index contributed by atoms with van der Waals surface area (Å²) in [6.07, 6.45) is 1.36. The van der Waals surface area contributed by atoms with Crippen molar-refractivity contribution < 1.29 is 44.2 Å². The van der Waals surface area contributed by atoms with E-state index in [1.54, 1.807) is 13.8 Å². The summed E-state index contributed by atoms with van der Waals surface area (Å²) in [6, 6.07) is 6.10. The van der Waals surface area contributed by atoms with E-state index in [0.29, 0.717) is 13.0 Å². The Morgan fingerprint density at radius 1 is 1.32 bits per heavy atom. The molecule has 19 heavy (non-hydrogen) atoms. The minimum absolute atomic E-state index is 0. The van der Waals surface area contributed by atoms with E-state index < -0.39 is 11.4 Å². The summed E-state index contributed by atoms with van der Waals surface area (Å²) in [5, 5.41) is 9.00. The molecule has 0 bridgehead atoms. The third-order valence-corrected chi connectivity index (χ3v) is 3.13. The van der Waals surface area contributed by atoms with Gasteiger partial charge in [-0.2, -0.15) is 0 Å². The van der Waals surface area contributed by atoms with Crippen molar-refractivity contribution in [3.63, 3.8) is 0 Å². The molecule has 1 aromatic carbocycles. The zero-order valence-electron chi connectivity index (χ0n) is 12.6. The first kappa shape index (κ1) is 18.5. The van der Waals surface area contributed by atoms with Gasteiger partial charge in [0.15, 0.2) is 0 Å². The topological polar surface area (TPSA) is 46.5 Å². The first-order chi connectivity index (χ1) is 8.33. The molecule has 0 spiro atoms. The van der Waals surface area contributed by atoms with Crippen LogP contribution in [0.25, 0.3) is 0 Å². The fourth-order valence-corrected chi connectivity index (χ4v) is 1.67. The van der Waals surface area contributed by atoms with Crippen molar-refractivity contribution in [1.29, 1.82) is 0 Å². The molecule has 0 aliphatic rings. The summed E-state index contributed by atoms with van der Waals surface area (Å²) < 4.78 is 5.70.